The van der Waals surface area contributed by atoms with Gasteiger partial charge in [-0.1, -0.05) is 24.3 Å². The van der Waals surface area contributed by atoms with E-state index >= 15 is 0 Å². The molecule has 0 radical (unpaired) electrons. The van der Waals surface area contributed by atoms with E-state index in [1.807, 2.05) is 29.2 Å². The van der Waals surface area contributed by atoms with Crippen LogP contribution in [0.15, 0.2) is 48.8 Å². The third-order valence-corrected chi connectivity index (χ3v) is 4.81. The van der Waals surface area contributed by atoms with E-state index in [2.05, 4.69) is 15.2 Å². The number of aromatic amines is 1. The van der Waals surface area contributed by atoms with Crippen molar-refractivity contribution in [3.63, 3.8) is 0 Å². The predicted molar refractivity (Wildman–Crippen MR) is 102 cm³/mol. The van der Waals surface area contributed by atoms with Crippen LogP contribution in [0.5, 0.6) is 5.75 Å². The highest BCUT2D eigenvalue weighted by Crippen LogP contribution is 2.22. The first-order valence-electron chi connectivity index (χ1n) is 9.33. The third-order valence-electron chi connectivity index (χ3n) is 4.81. The number of aromatic nitrogens is 3. The van der Waals surface area contributed by atoms with Gasteiger partial charge in [-0.05, 0) is 30.0 Å². The van der Waals surface area contributed by atoms with E-state index in [4.69, 9.17) is 4.74 Å². The van der Waals surface area contributed by atoms with Gasteiger partial charge < -0.3 is 9.64 Å². The van der Waals surface area contributed by atoms with Gasteiger partial charge in [0.2, 0.25) is 5.91 Å². The van der Waals surface area contributed by atoms with Gasteiger partial charge in [-0.2, -0.15) is 5.10 Å². The number of H-pyrrole nitrogens is 1. The van der Waals surface area contributed by atoms with Gasteiger partial charge in [-0.15, -0.1) is 0 Å². The van der Waals surface area contributed by atoms with Gasteiger partial charge in [0, 0.05) is 31.8 Å². The van der Waals surface area contributed by atoms with Crippen LogP contribution in [0.1, 0.15) is 24.0 Å². The van der Waals surface area contributed by atoms with Gasteiger partial charge >= 0.3 is 0 Å². The van der Waals surface area contributed by atoms with Crippen LogP contribution in [-0.2, 0) is 17.8 Å². The molecule has 28 heavy (non-hydrogen) atoms. The summed E-state index contributed by atoms with van der Waals surface area (Å²) >= 11 is 0. The zero-order valence-corrected chi connectivity index (χ0v) is 15.4. The first-order valence-corrected chi connectivity index (χ1v) is 9.33. The average Bonchev–Trinajstić information content (AvgIpc) is 3.18. The quantitative estimate of drug-likeness (QED) is 0.682. The summed E-state index contributed by atoms with van der Waals surface area (Å²) in [6, 6.07) is 10.9. The molecular formula is C21H21FN4O2. The lowest BCUT2D eigenvalue weighted by Crippen LogP contribution is -2.42. The van der Waals surface area contributed by atoms with E-state index in [-0.39, 0.29) is 11.6 Å². The minimum absolute atomic E-state index is 0.207. The number of carbonyl (C=O) groups is 1. The fourth-order valence-corrected chi connectivity index (χ4v) is 3.10. The topological polar surface area (TPSA) is 71.1 Å². The molecule has 1 N–H and O–H groups in total. The summed E-state index contributed by atoms with van der Waals surface area (Å²) in [5.74, 6) is 0.103. The van der Waals surface area contributed by atoms with E-state index in [9.17, 15) is 9.18 Å². The van der Waals surface area contributed by atoms with Crippen molar-refractivity contribution < 1.29 is 13.9 Å². The Labute approximate surface area is 162 Å². The largest absolute Gasteiger partial charge is 0.487 e. The van der Waals surface area contributed by atoms with Crippen molar-refractivity contribution in [2.45, 2.75) is 25.9 Å². The Balaban J connectivity index is 1.34. The van der Waals surface area contributed by atoms with Crippen LogP contribution in [0.3, 0.4) is 0 Å². The number of ether oxygens (including phenoxy) is 1. The molecule has 2 aromatic heterocycles. The van der Waals surface area contributed by atoms with E-state index in [0.29, 0.717) is 30.9 Å². The van der Waals surface area contributed by atoms with Crippen molar-refractivity contribution in [2.75, 3.05) is 13.1 Å². The molecule has 6 nitrogen and oxygen atoms in total. The van der Waals surface area contributed by atoms with Gasteiger partial charge in [0.25, 0.3) is 0 Å². The van der Waals surface area contributed by atoms with Crippen LogP contribution < -0.4 is 4.74 Å². The fraction of sp³-hybridized carbons (Fsp3) is 0.286. The molecule has 0 unspecified atom stereocenters. The minimum atomic E-state index is -0.472. The minimum Gasteiger partial charge on any atom is -0.487 e. The molecule has 1 amide bonds. The Hall–Kier alpha value is -3.22. The standard InChI is InChI=1S/C21H21FN4O2/c22-18-12-17(13-23-21(18)19-7-8-24-25-19)28-14-16-4-1-3-15(11-16)5-6-20(27)26-9-2-10-26/h1,3-4,7-8,11-13H,2,5-6,9-10,14H2,(H,24,25). The molecule has 1 aliphatic rings. The second kappa shape index (κ2) is 8.21. The van der Waals surface area contributed by atoms with Crippen molar-refractivity contribution in [3.8, 4) is 17.1 Å². The maximum absolute atomic E-state index is 14.3. The molecule has 1 aliphatic heterocycles. The molecule has 0 bridgehead atoms. The van der Waals surface area contributed by atoms with Crippen LogP contribution in [-0.4, -0.2) is 39.1 Å². The van der Waals surface area contributed by atoms with Crippen molar-refractivity contribution in [1.29, 1.82) is 0 Å². The van der Waals surface area contributed by atoms with Gasteiger partial charge in [0.05, 0.1) is 11.9 Å². The summed E-state index contributed by atoms with van der Waals surface area (Å²) in [5.41, 5.74) is 2.78. The summed E-state index contributed by atoms with van der Waals surface area (Å²) in [7, 11) is 0. The predicted octanol–water partition coefficient (Wildman–Crippen LogP) is 3.35. The molecule has 0 atom stereocenters. The number of halogens is 1. The molecule has 0 aliphatic carbocycles. The van der Waals surface area contributed by atoms with Crippen LogP contribution in [0.4, 0.5) is 4.39 Å². The Morgan fingerprint density at radius 2 is 2.07 bits per heavy atom. The zero-order valence-electron chi connectivity index (χ0n) is 15.4. The number of amides is 1. The number of nitrogens with zero attached hydrogens (tertiary/aromatic N) is 3. The normalized spacial score (nSPS) is 13.2. The molecule has 3 heterocycles. The maximum Gasteiger partial charge on any atom is 0.222 e. The number of likely N-dealkylation sites (tertiary alicyclic amines) is 1. The molecule has 0 saturated carbocycles. The summed E-state index contributed by atoms with van der Waals surface area (Å²) in [5, 5.41) is 6.49. The van der Waals surface area contributed by atoms with E-state index in [1.165, 1.54) is 12.3 Å². The lowest BCUT2D eigenvalue weighted by molar-refractivity contribution is -0.134. The van der Waals surface area contributed by atoms with Crippen LogP contribution in [0, 0.1) is 5.82 Å². The van der Waals surface area contributed by atoms with Crippen LogP contribution >= 0.6 is 0 Å². The second-order valence-corrected chi connectivity index (χ2v) is 6.81. The van der Waals surface area contributed by atoms with Crippen molar-refractivity contribution in [2.24, 2.45) is 0 Å². The van der Waals surface area contributed by atoms with Crippen molar-refractivity contribution in [3.05, 3.63) is 65.7 Å². The molecular weight excluding hydrogens is 359 g/mol. The first kappa shape index (κ1) is 18.2. The molecule has 144 valence electrons. The van der Waals surface area contributed by atoms with E-state index < -0.39 is 5.82 Å². The first-order chi connectivity index (χ1) is 13.7. The van der Waals surface area contributed by atoms with Crippen molar-refractivity contribution in [1.82, 2.24) is 20.1 Å². The van der Waals surface area contributed by atoms with Gasteiger partial charge in [-0.3, -0.25) is 9.89 Å². The second-order valence-electron chi connectivity index (χ2n) is 6.81. The lowest BCUT2D eigenvalue weighted by atomic mass is 10.1. The Morgan fingerprint density at radius 1 is 1.21 bits per heavy atom. The highest BCUT2D eigenvalue weighted by atomic mass is 19.1. The van der Waals surface area contributed by atoms with Crippen LogP contribution in [0.2, 0.25) is 0 Å². The summed E-state index contributed by atoms with van der Waals surface area (Å²) in [6.45, 7) is 2.07. The molecule has 7 heteroatoms. The smallest absolute Gasteiger partial charge is 0.222 e. The molecule has 4 rings (SSSR count). The summed E-state index contributed by atoms with van der Waals surface area (Å²) < 4.78 is 19.9. The maximum atomic E-state index is 14.3. The average molecular weight is 380 g/mol. The van der Waals surface area contributed by atoms with E-state index in [1.54, 1.807) is 12.3 Å². The number of hydrogen-bond donors (Lipinski definition) is 1. The SMILES string of the molecule is O=C(CCc1cccc(COc2cnc(-c3ccn[nH]3)c(F)c2)c1)N1CCC1. The monoisotopic (exact) mass is 380 g/mol. The Kier molecular flexibility index (Phi) is 5.32. The third kappa shape index (κ3) is 4.19. The van der Waals surface area contributed by atoms with E-state index in [0.717, 1.165) is 30.6 Å². The number of hydrogen-bond acceptors (Lipinski definition) is 4. The number of aryl methyl sites for hydroxylation is 1. The molecule has 1 saturated heterocycles. The Bertz CT molecular complexity index is 955. The Morgan fingerprint density at radius 3 is 2.79 bits per heavy atom. The van der Waals surface area contributed by atoms with Gasteiger partial charge in [0.1, 0.15) is 18.1 Å². The zero-order chi connectivity index (χ0) is 19.3. The molecule has 0 spiro atoms. The highest BCUT2D eigenvalue weighted by molar-refractivity contribution is 5.77. The number of pyridine rings is 1. The van der Waals surface area contributed by atoms with Crippen LogP contribution in [0.25, 0.3) is 11.4 Å². The summed E-state index contributed by atoms with van der Waals surface area (Å²) in [4.78, 5) is 18.0. The molecule has 3 aromatic rings. The number of benzene rings is 1. The number of rotatable bonds is 7. The lowest BCUT2D eigenvalue weighted by Gasteiger charge is -2.30. The highest BCUT2D eigenvalue weighted by Gasteiger charge is 2.19. The molecule has 1 aromatic carbocycles. The summed E-state index contributed by atoms with van der Waals surface area (Å²) in [6.07, 6.45) is 5.38. The number of carbonyl (C=O) groups excluding carboxylic acids is 1. The molecule has 1 fully saturated rings. The van der Waals surface area contributed by atoms with Crippen molar-refractivity contribution >= 4 is 5.91 Å². The van der Waals surface area contributed by atoms with Gasteiger partial charge in [-0.25, -0.2) is 9.37 Å². The van der Waals surface area contributed by atoms with Gasteiger partial charge in [0.15, 0.2) is 5.82 Å². The fourth-order valence-electron chi connectivity index (χ4n) is 3.10. The number of nitrogens with one attached hydrogen (secondary N) is 1.